The molecule has 0 amide bonds. The van der Waals surface area contributed by atoms with Gasteiger partial charge >= 0.3 is 0 Å². The molecule has 1 aliphatic heterocycles. The number of benzene rings is 3. The van der Waals surface area contributed by atoms with Gasteiger partial charge in [0.1, 0.15) is 6.10 Å². The van der Waals surface area contributed by atoms with E-state index in [9.17, 15) is 8.42 Å². The summed E-state index contributed by atoms with van der Waals surface area (Å²) in [7, 11) is -6.44. The Kier molecular flexibility index (Phi) is 6.89. The number of epoxide rings is 1. The fraction of sp³-hybridized carbons (Fsp3) is 0.357. The highest BCUT2D eigenvalue weighted by molar-refractivity contribution is 7.92. The zero-order valence-corrected chi connectivity index (χ0v) is 22.3. The van der Waals surface area contributed by atoms with E-state index in [4.69, 9.17) is 9.16 Å². The average molecular weight is 495 g/mol. The Morgan fingerprint density at radius 1 is 0.794 bits per heavy atom. The Morgan fingerprint density at radius 3 is 1.65 bits per heavy atom. The van der Waals surface area contributed by atoms with Crippen molar-refractivity contribution < 1.29 is 17.6 Å². The summed E-state index contributed by atoms with van der Waals surface area (Å²) in [5.41, 5.74) is -0.888. The smallest absolute Gasteiger partial charge is 0.261 e. The van der Waals surface area contributed by atoms with Crippen molar-refractivity contribution in [3.05, 3.63) is 91.0 Å². The van der Waals surface area contributed by atoms with Crippen LogP contribution in [0.3, 0.4) is 0 Å². The molecule has 4 nitrogen and oxygen atoms in total. The lowest BCUT2D eigenvalue weighted by molar-refractivity contribution is 0.106. The minimum atomic E-state index is -3.60. The highest BCUT2D eigenvalue weighted by atomic mass is 32.2. The van der Waals surface area contributed by atoms with Crippen molar-refractivity contribution in [2.24, 2.45) is 5.92 Å². The molecule has 0 aromatic heterocycles. The van der Waals surface area contributed by atoms with Gasteiger partial charge < -0.3 is 9.16 Å². The Labute approximate surface area is 205 Å². The first kappa shape index (κ1) is 24.9. The van der Waals surface area contributed by atoms with Gasteiger partial charge in [-0.2, -0.15) is 0 Å². The molecule has 1 aliphatic rings. The van der Waals surface area contributed by atoms with Crippen LogP contribution >= 0.6 is 0 Å². The predicted octanol–water partition coefficient (Wildman–Crippen LogP) is 4.79. The third-order valence-electron chi connectivity index (χ3n) is 6.57. The number of hydrogen-bond acceptors (Lipinski definition) is 4. The summed E-state index contributed by atoms with van der Waals surface area (Å²) in [6.45, 7) is 10.8. The molecule has 3 aromatic rings. The molecule has 0 N–H and O–H groups in total. The molecule has 34 heavy (non-hydrogen) atoms. The van der Waals surface area contributed by atoms with E-state index < -0.39 is 29.7 Å². The van der Waals surface area contributed by atoms with Gasteiger partial charge in [0, 0.05) is 0 Å². The van der Waals surface area contributed by atoms with Gasteiger partial charge in [0.2, 0.25) is 9.84 Å². The first-order valence-electron chi connectivity index (χ1n) is 11.8. The highest BCUT2D eigenvalue weighted by Crippen LogP contribution is 2.43. The van der Waals surface area contributed by atoms with Crippen LogP contribution in [-0.4, -0.2) is 34.4 Å². The summed E-state index contributed by atoms with van der Waals surface area (Å²) in [4.78, 5) is 0.287. The third kappa shape index (κ3) is 4.52. The van der Waals surface area contributed by atoms with Gasteiger partial charge in [0.25, 0.3) is 8.32 Å². The predicted molar refractivity (Wildman–Crippen MR) is 140 cm³/mol. The van der Waals surface area contributed by atoms with E-state index >= 15 is 0 Å². The standard InChI is InChI=1S/C28H34O4SSi/c1-21(2)25(26-27(31-26)33(29,30)22-15-9-6-10-16-22)32-34(28(3,4)5,23-17-11-7-12-18-23)24-19-13-8-14-20-24/h6-21,25-27H,1-5H3/t25-,26?,27+/m0/s1. The maximum Gasteiger partial charge on any atom is 0.261 e. The third-order valence-corrected chi connectivity index (χ3v) is 13.5. The normalized spacial score (nSPS) is 19.7. The van der Waals surface area contributed by atoms with Crippen molar-refractivity contribution in [3.8, 4) is 0 Å². The summed E-state index contributed by atoms with van der Waals surface area (Å²) in [6, 6.07) is 29.4. The lowest BCUT2D eigenvalue weighted by atomic mass is 10.1. The van der Waals surface area contributed by atoms with E-state index in [2.05, 4.69) is 83.1 Å². The Hall–Kier alpha value is -2.25. The first-order valence-corrected chi connectivity index (χ1v) is 15.3. The number of sulfone groups is 1. The Balaban J connectivity index is 1.77. The molecule has 0 aliphatic carbocycles. The van der Waals surface area contributed by atoms with Crippen LogP contribution in [0.2, 0.25) is 5.04 Å². The van der Waals surface area contributed by atoms with Gasteiger partial charge in [-0.3, -0.25) is 0 Å². The van der Waals surface area contributed by atoms with Crippen LogP contribution < -0.4 is 10.4 Å². The molecule has 1 saturated heterocycles. The minimum Gasteiger partial charge on any atom is -0.401 e. The van der Waals surface area contributed by atoms with Crippen LogP contribution in [-0.2, 0) is 19.0 Å². The second kappa shape index (κ2) is 9.42. The topological polar surface area (TPSA) is 55.9 Å². The summed E-state index contributed by atoms with van der Waals surface area (Å²) >= 11 is 0. The lowest BCUT2D eigenvalue weighted by Gasteiger charge is -2.45. The first-order chi connectivity index (χ1) is 16.1. The van der Waals surface area contributed by atoms with Crippen LogP contribution in [0.5, 0.6) is 0 Å². The quantitative estimate of drug-likeness (QED) is 0.334. The van der Waals surface area contributed by atoms with Crippen LogP contribution in [0.25, 0.3) is 0 Å². The summed E-state index contributed by atoms with van der Waals surface area (Å²) in [5.74, 6) is 0.0719. The van der Waals surface area contributed by atoms with Gasteiger partial charge in [-0.25, -0.2) is 8.42 Å². The number of ether oxygens (including phenoxy) is 1. The zero-order chi connectivity index (χ0) is 24.6. The molecule has 0 saturated carbocycles. The van der Waals surface area contributed by atoms with Crippen LogP contribution in [0.1, 0.15) is 34.6 Å². The van der Waals surface area contributed by atoms with Gasteiger partial charge in [-0.05, 0) is 33.5 Å². The molecule has 1 fully saturated rings. The zero-order valence-electron chi connectivity index (χ0n) is 20.5. The van der Waals surface area contributed by atoms with E-state index in [0.717, 1.165) is 0 Å². The maximum atomic E-state index is 13.3. The molecule has 0 radical (unpaired) electrons. The van der Waals surface area contributed by atoms with E-state index in [-0.39, 0.29) is 22.0 Å². The minimum absolute atomic E-state index is 0.0719. The SMILES string of the molecule is CC(C)[C@H](O[Si](c1ccccc1)(c1ccccc1)C(C)(C)C)C1O[C@@H]1S(=O)(=O)c1ccccc1. The second-order valence-corrected chi connectivity index (χ2v) is 16.6. The fourth-order valence-corrected chi connectivity index (χ4v) is 11.2. The van der Waals surface area contributed by atoms with E-state index in [1.165, 1.54) is 10.4 Å². The summed E-state index contributed by atoms with van der Waals surface area (Å²) in [6.07, 6.45) is -0.873. The molecule has 1 heterocycles. The van der Waals surface area contributed by atoms with Gasteiger partial charge in [0.05, 0.1) is 11.0 Å². The van der Waals surface area contributed by atoms with Crippen LogP contribution in [0.15, 0.2) is 95.9 Å². The molecule has 3 atom stereocenters. The molecule has 4 rings (SSSR count). The van der Waals surface area contributed by atoms with Crippen molar-refractivity contribution in [1.29, 1.82) is 0 Å². The van der Waals surface area contributed by atoms with Crippen molar-refractivity contribution in [2.45, 2.75) is 62.2 Å². The molecular weight excluding hydrogens is 460 g/mol. The second-order valence-electron chi connectivity index (χ2n) is 10.3. The molecule has 6 heteroatoms. The average Bonchev–Trinajstić information content (AvgIpc) is 3.62. The van der Waals surface area contributed by atoms with E-state index in [1.807, 2.05) is 18.2 Å². The van der Waals surface area contributed by atoms with Crippen LogP contribution in [0.4, 0.5) is 0 Å². The Bertz CT molecular complexity index is 1150. The van der Waals surface area contributed by atoms with Crippen molar-refractivity contribution in [2.75, 3.05) is 0 Å². The van der Waals surface area contributed by atoms with Crippen LogP contribution in [0, 0.1) is 5.92 Å². The molecule has 180 valence electrons. The molecule has 3 aromatic carbocycles. The summed E-state index contributed by atoms with van der Waals surface area (Å²) in [5, 5.41) is 2.14. The van der Waals surface area contributed by atoms with Crippen molar-refractivity contribution in [1.82, 2.24) is 0 Å². The van der Waals surface area contributed by atoms with Gasteiger partial charge in [0.15, 0.2) is 5.44 Å². The van der Waals surface area contributed by atoms with Crippen molar-refractivity contribution in [3.63, 3.8) is 0 Å². The Morgan fingerprint density at radius 2 is 1.24 bits per heavy atom. The highest BCUT2D eigenvalue weighted by Gasteiger charge is 2.59. The lowest BCUT2D eigenvalue weighted by Crippen LogP contribution is -2.68. The summed E-state index contributed by atoms with van der Waals surface area (Å²) < 4.78 is 39.7. The van der Waals surface area contributed by atoms with E-state index in [0.29, 0.717) is 0 Å². The maximum absolute atomic E-state index is 13.3. The number of hydrogen-bond donors (Lipinski definition) is 0. The molecule has 0 bridgehead atoms. The fourth-order valence-electron chi connectivity index (χ4n) is 4.81. The van der Waals surface area contributed by atoms with Crippen molar-refractivity contribution >= 4 is 28.5 Å². The number of rotatable bonds is 8. The molecular formula is C28H34O4SSi. The van der Waals surface area contributed by atoms with E-state index in [1.54, 1.807) is 24.3 Å². The van der Waals surface area contributed by atoms with Gasteiger partial charge in [-0.15, -0.1) is 0 Å². The monoisotopic (exact) mass is 494 g/mol. The largest absolute Gasteiger partial charge is 0.401 e. The molecule has 0 spiro atoms. The van der Waals surface area contributed by atoms with Gasteiger partial charge in [-0.1, -0.05) is 113 Å². The molecule has 1 unspecified atom stereocenters.